The summed E-state index contributed by atoms with van der Waals surface area (Å²) in [7, 11) is 0. The number of carbonyl (C=O) groups excluding carboxylic acids is 1. The average Bonchev–Trinajstić information content (AvgIpc) is 3.10. The molecule has 2 N–H and O–H groups in total. The van der Waals surface area contributed by atoms with Crippen LogP contribution in [0.3, 0.4) is 0 Å². The number of benzene rings is 2. The van der Waals surface area contributed by atoms with E-state index in [4.69, 9.17) is 0 Å². The zero-order valence-electron chi connectivity index (χ0n) is 14.1. The van der Waals surface area contributed by atoms with Crippen LogP contribution in [0.2, 0.25) is 0 Å². The van der Waals surface area contributed by atoms with Gasteiger partial charge in [-0.3, -0.25) is 4.79 Å². The van der Waals surface area contributed by atoms with Crippen LogP contribution in [0.15, 0.2) is 72.4 Å². The number of carboxylic acids is 1. The first-order valence-corrected chi connectivity index (χ1v) is 8.83. The third kappa shape index (κ3) is 4.07. The zero-order chi connectivity index (χ0) is 18.5. The Bertz CT molecular complexity index is 974. The number of carbonyl (C=O) groups is 2. The van der Waals surface area contributed by atoms with Crippen LogP contribution in [0, 0.1) is 6.92 Å². The Hall–Kier alpha value is -3.18. The van der Waals surface area contributed by atoms with Gasteiger partial charge in [0.25, 0.3) is 5.91 Å². The molecule has 0 unspecified atom stereocenters. The number of hydrogen-bond donors (Lipinski definition) is 2. The van der Waals surface area contributed by atoms with E-state index in [9.17, 15) is 14.7 Å². The van der Waals surface area contributed by atoms with Crippen LogP contribution in [-0.2, 0) is 4.79 Å². The highest BCUT2D eigenvalue weighted by Gasteiger charge is 2.14. The third-order valence-electron chi connectivity index (χ3n) is 3.84. The lowest BCUT2D eigenvalue weighted by Gasteiger charge is -2.05. The maximum Gasteiger partial charge on any atom is 0.352 e. The fourth-order valence-corrected chi connectivity index (χ4v) is 3.54. The molecule has 0 saturated carbocycles. The van der Waals surface area contributed by atoms with E-state index in [-0.39, 0.29) is 5.70 Å². The molecule has 3 rings (SSSR count). The normalized spacial score (nSPS) is 11.2. The summed E-state index contributed by atoms with van der Waals surface area (Å²) in [6.45, 7) is 2.04. The van der Waals surface area contributed by atoms with Gasteiger partial charge in [-0.05, 0) is 48.4 Å². The second-order valence-electron chi connectivity index (χ2n) is 5.70. The maximum atomic E-state index is 12.2. The minimum absolute atomic E-state index is 0.156. The van der Waals surface area contributed by atoms with E-state index in [1.54, 1.807) is 30.3 Å². The quantitative estimate of drug-likeness (QED) is 0.652. The Balaban J connectivity index is 1.85. The molecule has 5 heteroatoms. The first kappa shape index (κ1) is 17.6. The minimum atomic E-state index is -1.18. The van der Waals surface area contributed by atoms with Crippen molar-refractivity contribution in [3.63, 3.8) is 0 Å². The maximum absolute atomic E-state index is 12.2. The van der Waals surface area contributed by atoms with Crippen molar-refractivity contribution in [1.29, 1.82) is 0 Å². The van der Waals surface area contributed by atoms with Gasteiger partial charge in [0, 0.05) is 15.3 Å². The van der Waals surface area contributed by atoms with Crippen molar-refractivity contribution in [3.05, 3.63) is 88.4 Å². The molecule has 26 heavy (non-hydrogen) atoms. The number of rotatable bonds is 5. The molecule has 0 spiro atoms. The molecule has 0 saturated heterocycles. The van der Waals surface area contributed by atoms with Crippen LogP contribution < -0.4 is 5.32 Å². The molecule has 1 aromatic heterocycles. The average molecular weight is 363 g/mol. The van der Waals surface area contributed by atoms with Crippen LogP contribution in [0.1, 0.15) is 20.8 Å². The van der Waals surface area contributed by atoms with Gasteiger partial charge in [-0.25, -0.2) is 4.79 Å². The molecule has 0 aliphatic heterocycles. The predicted octanol–water partition coefficient (Wildman–Crippen LogP) is 4.58. The topological polar surface area (TPSA) is 66.4 Å². The van der Waals surface area contributed by atoms with Crippen LogP contribution in [-0.4, -0.2) is 17.0 Å². The molecule has 0 aliphatic rings. The Kier molecular flexibility index (Phi) is 5.29. The number of carboxylic acid groups (broad SMARTS) is 1. The first-order chi connectivity index (χ1) is 12.5. The largest absolute Gasteiger partial charge is 0.477 e. The highest BCUT2D eigenvalue weighted by molar-refractivity contribution is 7.16. The second kappa shape index (κ2) is 7.80. The molecule has 1 amide bonds. The first-order valence-electron chi connectivity index (χ1n) is 8.02. The number of amides is 1. The Morgan fingerprint density at radius 2 is 1.65 bits per heavy atom. The van der Waals surface area contributed by atoms with E-state index in [2.05, 4.69) is 5.32 Å². The second-order valence-corrected chi connectivity index (χ2v) is 6.82. The Labute approximate surface area is 155 Å². The van der Waals surface area contributed by atoms with Crippen molar-refractivity contribution in [2.24, 2.45) is 0 Å². The molecule has 0 atom stereocenters. The highest BCUT2D eigenvalue weighted by Crippen LogP contribution is 2.31. The molecule has 0 radical (unpaired) electrons. The number of hydrogen-bond acceptors (Lipinski definition) is 3. The predicted molar refractivity (Wildman–Crippen MR) is 104 cm³/mol. The van der Waals surface area contributed by atoms with E-state index in [0.717, 1.165) is 20.9 Å². The standard InChI is InChI=1S/C21H17NO3S/c1-14-7-5-6-10-17(14)19-12-11-16(26-19)13-18(21(24)25)22-20(23)15-8-3-2-4-9-15/h2-13H,1H3,(H,22,23)(H,24,25). The van der Waals surface area contributed by atoms with E-state index in [1.165, 1.54) is 17.4 Å². The summed E-state index contributed by atoms with van der Waals surface area (Å²) in [4.78, 5) is 25.5. The zero-order valence-corrected chi connectivity index (χ0v) is 14.9. The summed E-state index contributed by atoms with van der Waals surface area (Å²) < 4.78 is 0. The molecule has 4 nitrogen and oxygen atoms in total. The van der Waals surface area contributed by atoms with Gasteiger partial charge < -0.3 is 10.4 Å². The van der Waals surface area contributed by atoms with Gasteiger partial charge >= 0.3 is 5.97 Å². The summed E-state index contributed by atoms with van der Waals surface area (Å²) in [6, 6.07) is 20.4. The number of nitrogens with one attached hydrogen (secondary N) is 1. The molecule has 3 aromatic rings. The van der Waals surface area contributed by atoms with Crippen molar-refractivity contribution >= 4 is 29.3 Å². The van der Waals surface area contributed by atoms with E-state index >= 15 is 0 Å². The Morgan fingerprint density at radius 3 is 2.35 bits per heavy atom. The van der Waals surface area contributed by atoms with Crippen LogP contribution in [0.25, 0.3) is 16.5 Å². The number of aliphatic carboxylic acids is 1. The highest BCUT2D eigenvalue weighted by atomic mass is 32.1. The van der Waals surface area contributed by atoms with Gasteiger partial charge in [0.15, 0.2) is 0 Å². The van der Waals surface area contributed by atoms with Crippen molar-refractivity contribution in [2.45, 2.75) is 6.92 Å². The molecule has 1 heterocycles. The van der Waals surface area contributed by atoms with Gasteiger partial charge in [0.1, 0.15) is 5.70 Å². The van der Waals surface area contributed by atoms with Gasteiger partial charge in [0.2, 0.25) is 0 Å². The van der Waals surface area contributed by atoms with Gasteiger partial charge in [-0.1, -0.05) is 42.5 Å². The van der Waals surface area contributed by atoms with Gasteiger partial charge in [0.05, 0.1) is 0 Å². The van der Waals surface area contributed by atoms with Crippen LogP contribution in [0.4, 0.5) is 0 Å². The Morgan fingerprint density at radius 1 is 0.962 bits per heavy atom. The van der Waals surface area contributed by atoms with Crippen LogP contribution >= 0.6 is 11.3 Å². The van der Waals surface area contributed by atoms with Gasteiger partial charge in [-0.2, -0.15) is 0 Å². The summed E-state index contributed by atoms with van der Waals surface area (Å²) in [5.74, 6) is -1.63. The third-order valence-corrected chi connectivity index (χ3v) is 4.90. The van der Waals surface area contributed by atoms with Crippen molar-refractivity contribution in [1.82, 2.24) is 5.32 Å². The fourth-order valence-electron chi connectivity index (χ4n) is 2.50. The van der Waals surface area contributed by atoms with Crippen molar-refractivity contribution in [3.8, 4) is 10.4 Å². The van der Waals surface area contributed by atoms with Crippen LogP contribution in [0.5, 0.6) is 0 Å². The molecule has 0 aliphatic carbocycles. The summed E-state index contributed by atoms with van der Waals surface area (Å²) in [5.41, 5.74) is 2.52. The van der Waals surface area contributed by atoms with Gasteiger partial charge in [-0.15, -0.1) is 11.3 Å². The molecular formula is C21H17NO3S. The molecule has 0 fully saturated rings. The lowest BCUT2D eigenvalue weighted by molar-refractivity contribution is -0.132. The van der Waals surface area contributed by atoms with E-state index < -0.39 is 11.9 Å². The van der Waals surface area contributed by atoms with E-state index in [1.807, 2.05) is 43.3 Å². The van der Waals surface area contributed by atoms with Crippen molar-refractivity contribution in [2.75, 3.05) is 0 Å². The monoisotopic (exact) mass is 363 g/mol. The summed E-state index contributed by atoms with van der Waals surface area (Å²) in [6.07, 6.45) is 1.48. The van der Waals surface area contributed by atoms with E-state index in [0.29, 0.717) is 5.56 Å². The fraction of sp³-hybridized carbons (Fsp3) is 0.0476. The molecule has 0 bridgehead atoms. The number of aryl methyl sites for hydroxylation is 1. The lowest BCUT2D eigenvalue weighted by atomic mass is 10.1. The van der Waals surface area contributed by atoms with Crippen molar-refractivity contribution < 1.29 is 14.7 Å². The molecule has 2 aromatic carbocycles. The summed E-state index contributed by atoms with van der Waals surface area (Å²) in [5, 5.41) is 11.9. The number of thiophene rings is 1. The summed E-state index contributed by atoms with van der Waals surface area (Å²) >= 11 is 1.48. The molecule has 130 valence electrons. The SMILES string of the molecule is Cc1ccccc1-c1ccc(C=C(NC(=O)c2ccccc2)C(=O)O)s1. The molecular weight excluding hydrogens is 346 g/mol. The minimum Gasteiger partial charge on any atom is -0.477 e. The lowest BCUT2D eigenvalue weighted by Crippen LogP contribution is -2.27. The smallest absolute Gasteiger partial charge is 0.352 e.